The number of rotatable bonds is 7. The molecule has 0 aliphatic carbocycles. The maximum absolute atomic E-state index is 12.6. The van der Waals surface area contributed by atoms with Gasteiger partial charge < -0.3 is 14.8 Å². The molecule has 0 fully saturated rings. The molecule has 22 heavy (non-hydrogen) atoms. The van der Waals surface area contributed by atoms with Crippen molar-refractivity contribution in [3.05, 3.63) is 18.2 Å². The van der Waals surface area contributed by atoms with Gasteiger partial charge in [-0.15, -0.1) is 0 Å². The first kappa shape index (κ1) is 16.6. The van der Waals surface area contributed by atoms with Gasteiger partial charge in [0.25, 0.3) is 0 Å². The highest BCUT2D eigenvalue weighted by molar-refractivity contribution is 5.95. The van der Waals surface area contributed by atoms with Crippen LogP contribution in [0.25, 0.3) is 0 Å². The van der Waals surface area contributed by atoms with Crippen LogP contribution in [0.4, 0.5) is 5.69 Å². The number of anilines is 1. The molecule has 1 amide bonds. The Morgan fingerprint density at radius 1 is 1.18 bits per heavy atom. The molecule has 1 unspecified atom stereocenters. The number of fused-ring (bicyclic) bond motifs is 1. The average Bonchev–Trinajstić information content (AvgIpc) is 2.55. The molecule has 5 nitrogen and oxygen atoms in total. The van der Waals surface area contributed by atoms with Crippen molar-refractivity contribution in [1.29, 1.82) is 0 Å². The molecule has 2 rings (SSSR count). The van der Waals surface area contributed by atoms with Crippen molar-refractivity contribution < 1.29 is 14.3 Å². The van der Waals surface area contributed by atoms with E-state index < -0.39 is 0 Å². The first-order valence-corrected chi connectivity index (χ1v) is 8.14. The number of benzene rings is 1. The van der Waals surface area contributed by atoms with Gasteiger partial charge in [0, 0.05) is 11.8 Å². The van der Waals surface area contributed by atoms with E-state index in [1.807, 2.05) is 18.2 Å². The van der Waals surface area contributed by atoms with Crippen LogP contribution >= 0.6 is 0 Å². The lowest BCUT2D eigenvalue weighted by molar-refractivity contribution is -0.121. The molecule has 1 aromatic rings. The fourth-order valence-corrected chi connectivity index (χ4v) is 2.76. The Bertz CT molecular complexity index is 501. The first-order valence-electron chi connectivity index (χ1n) is 8.14. The molecule has 1 aliphatic rings. The summed E-state index contributed by atoms with van der Waals surface area (Å²) in [6.07, 6.45) is 1.84. The first-order chi connectivity index (χ1) is 10.7. The quantitative estimate of drug-likeness (QED) is 0.841. The minimum Gasteiger partial charge on any atom is -0.486 e. The smallest absolute Gasteiger partial charge is 0.241 e. The monoisotopic (exact) mass is 306 g/mol. The summed E-state index contributed by atoms with van der Waals surface area (Å²) >= 11 is 0. The zero-order valence-corrected chi connectivity index (χ0v) is 13.7. The van der Waals surface area contributed by atoms with Gasteiger partial charge in [-0.05, 0) is 31.6 Å². The molecule has 0 bridgehead atoms. The number of ether oxygens (including phenoxy) is 2. The highest BCUT2D eigenvalue weighted by atomic mass is 16.6. The summed E-state index contributed by atoms with van der Waals surface area (Å²) in [5.74, 6) is 1.47. The lowest BCUT2D eigenvalue weighted by Gasteiger charge is -2.28. The highest BCUT2D eigenvalue weighted by Gasteiger charge is 2.23. The van der Waals surface area contributed by atoms with Crippen molar-refractivity contribution in [3.8, 4) is 11.5 Å². The van der Waals surface area contributed by atoms with Gasteiger partial charge in [-0.1, -0.05) is 27.2 Å². The SMILES string of the molecule is CCCC(C(=O)Nc1ccc2c(c1)OCCO2)N(CC)CC. The minimum absolute atomic E-state index is 0.0437. The summed E-state index contributed by atoms with van der Waals surface area (Å²) < 4.78 is 11.1. The Hall–Kier alpha value is -1.75. The summed E-state index contributed by atoms with van der Waals surface area (Å²) in [7, 11) is 0. The maximum atomic E-state index is 12.6. The van der Waals surface area contributed by atoms with Crippen molar-refractivity contribution in [2.45, 2.75) is 39.7 Å². The summed E-state index contributed by atoms with van der Waals surface area (Å²) in [6, 6.07) is 5.44. The molecule has 0 saturated heterocycles. The van der Waals surface area contributed by atoms with E-state index in [1.54, 1.807) is 0 Å². The van der Waals surface area contributed by atoms with Crippen LogP contribution in [-0.4, -0.2) is 43.2 Å². The normalized spacial score (nSPS) is 14.7. The van der Waals surface area contributed by atoms with Crippen LogP contribution in [0.3, 0.4) is 0 Å². The van der Waals surface area contributed by atoms with Gasteiger partial charge in [0.1, 0.15) is 13.2 Å². The van der Waals surface area contributed by atoms with E-state index in [0.717, 1.165) is 37.4 Å². The second kappa shape index (κ2) is 8.03. The van der Waals surface area contributed by atoms with Crippen molar-refractivity contribution >= 4 is 11.6 Å². The van der Waals surface area contributed by atoms with Gasteiger partial charge in [-0.2, -0.15) is 0 Å². The van der Waals surface area contributed by atoms with Crippen molar-refractivity contribution in [2.75, 3.05) is 31.6 Å². The lowest BCUT2D eigenvalue weighted by atomic mass is 10.1. The largest absolute Gasteiger partial charge is 0.486 e. The molecule has 5 heteroatoms. The van der Waals surface area contributed by atoms with Crippen LogP contribution in [0, 0.1) is 0 Å². The van der Waals surface area contributed by atoms with Crippen LogP contribution < -0.4 is 14.8 Å². The van der Waals surface area contributed by atoms with Crippen LogP contribution in [0.5, 0.6) is 11.5 Å². The molecular weight excluding hydrogens is 280 g/mol. The Labute approximate surface area is 132 Å². The third-order valence-corrected chi connectivity index (χ3v) is 3.93. The molecule has 0 spiro atoms. The van der Waals surface area contributed by atoms with Gasteiger partial charge in [-0.25, -0.2) is 0 Å². The van der Waals surface area contributed by atoms with Crippen molar-refractivity contribution in [3.63, 3.8) is 0 Å². The molecule has 122 valence electrons. The van der Waals surface area contributed by atoms with Crippen LogP contribution in [0.2, 0.25) is 0 Å². The second-order valence-electron chi connectivity index (χ2n) is 5.37. The minimum atomic E-state index is -0.0896. The number of nitrogens with one attached hydrogen (secondary N) is 1. The van der Waals surface area contributed by atoms with E-state index in [9.17, 15) is 4.79 Å². The van der Waals surface area contributed by atoms with Crippen molar-refractivity contribution in [1.82, 2.24) is 4.90 Å². The Morgan fingerprint density at radius 2 is 1.86 bits per heavy atom. The summed E-state index contributed by atoms with van der Waals surface area (Å²) in [6.45, 7) is 9.13. The molecule has 0 aromatic heterocycles. The van der Waals surface area contributed by atoms with Gasteiger partial charge in [-0.3, -0.25) is 9.69 Å². The van der Waals surface area contributed by atoms with Gasteiger partial charge in [0.15, 0.2) is 11.5 Å². The number of amides is 1. The molecule has 1 atom stereocenters. The molecule has 1 aromatic carbocycles. The third-order valence-electron chi connectivity index (χ3n) is 3.93. The maximum Gasteiger partial charge on any atom is 0.241 e. The van der Waals surface area contributed by atoms with E-state index >= 15 is 0 Å². The zero-order valence-electron chi connectivity index (χ0n) is 13.7. The summed E-state index contributed by atoms with van der Waals surface area (Å²) in [5, 5.41) is 3.01. The molecule has 1 aliphatic heterocycles. The number of carbonyl (C=O) groups is 1. The highest BCUT2D eigenvalue weighted by Crippen LogP contribution is 2.32. The van der Waals surface area contributed by atoms with Crippen LogP contribution in [0.15, 0.2) is 18.2 Å². The van der Waals surface area contributed by atoms with Gasteiger partial charge >= 0.3 is 0 Å². The predicted molar refractivity (Wildman–Crippen MR) is 87.7 cm³/mol. The third kappa shape index (κ3) is 3.91. The Balaban J connectivity index is 2.08. The van der Waals surface area contributed by atoms with Crippen LogP contribution in [-0.2, 0) is 4.79 Å². The number of nitrogens with zero attached hydrogens (tertiary/aromatic N) is 1. The number of hydrogen-bond acceptors (Lipinski definition) is 4. The summed E-state index contributed by atoms with van der Waals surface area (Å²) in [4.78, 5) is 14.8. The average molecular weight is 306 g/mol. The van der Waals surface area contributed by atoms with E-state index in [1.165, 1.54) is 0 Å². The second-order valence-corrected chi connectivity index (χ2v) is 5.37. The lowest BCUT2D eigenvalue weighted by Crippen LogP contribution is -2.43. The molecule has 1 heterocycles. The number of hydrogen-bond donors (Lipinski definition) is 1. The Morgan fingerprint density at radius 3 is 2.50 bits per heavy atom. The molecule has 0 saturated carbocycles. The van der Waals surface area contributed by atoms with Gasteiger partial charge in [0.2, 0.25) is 5.91 Å². The fraction of sp³-hybridized carbons (Fsp3) is 0.588. The van der Waals surface area contributed by atoms with Crippen molar-refractivity contribution in [2.24, 2.45) is 0 Å². The Kier molecular flexibility index (Phi) is 6.07. The number of likely N-dealkylation sites (N-methyl/N-ethyl adjacent to an activating group) is 1. The van der Waals surface area contributed by atoms with Gasteiger partial charge in [0.05, 0.1) is 6.04 Å². The predicted octanol–water partition coefficient (Wildman–Crippen LogP) is 2.91. The van der Waals surface area contributed by atoms with E-state index in [0.29, 0.717) is 19.0 Å². The standard InChI is InChI=1S/C17H26N2O3/c1-4-7-14(19(5-2)6-3)17(20)18-13-8-9-15-16(12-13)22-11-10-21-15/h8-9,12,14H,4-7,10-11H2,1-3H3,(H,18,20). The zero-order chi connectivity index (χ0) is 15.9. The molecular formula is C17H26N2O3. The van der Waals surface area contributed by atoms with Crippen LogP contribution in [0.1, 0.15) is 33.6 Å². The number of carbonyl (C=O) groups excluding carboxylic acids is 1. The molecule has 0 radical (unpaired) electrons. The van der Waals surface area contributed by atoms with E-state index in [4.69, 9.17) is 9.47 Å². The van der Waals surface area contributed by atoms with E-state index in [2.05, 4.69) is 31.0 Å². The van der Waals surface area contributed by atoms with E-state index in [-0.39, 0.29) is 11.9 Å². The molecule has 1 N–H and O–H groups in total. The fourth-order valence-electron chi connectivity index (χ4n) is 2.76. The summed E-state index contributed by atoms with van der Waals surface area (Å²) in [5.41, 5.74) is 0.752. The topological polar surface area (TPSA) is 50.8 Å².